The summed E-state index contributed by atoms with van der Waals surface area (Å²) in [5.74, 6) is 1.09. The van der Waals surface area contributed by atoms with Gasteiger partial charge in [0.25, 0.3) is 10.0 Å². The van der Waals surface area contributed by atoms with Gasteiger partial charge in [0.2, 0.25) is 5.03 Å². The highest BCUT2D eigenvalue weighted by atomic mass is 79.9. The summed E-state index contributed by atoms with van der Waals surface area (Å²) in [6, 6.07) is 0. The van der Waals surface area contributed by atoms with E-state index in [1.165, 1.54) is 4.68 Å². The fourth-order valence-corrected chi connectivity index (χ4v) is 5.50. The number of sulfonamides is 1. The van der Waals surface area contributed by atoms with Gasteiger partial charge < -0.3 is 0 Å². The number of nitrogens with one attached hydrogen (secondary N) is 1. The number of hydrogen-bond acceptors (Lipinski definition) is 5. The molecular formula is C9H15BrN4O2S2. The molecule has 1 aliphatic heterocycles. The summed E-state index contributed by atoms with van der Waals surface area (Å²) in [6.07, 6.45) is 2.17. The van der Waals surface area contributed by atoms with Crippen LogP contribution in [0.1, 0.15) is 19.8 Å². The van der Waals surface area contributed by atoms with Crippen LogP contribution in [-0.4, -0.2) is 40.5 Å². The third kappa shape index (κ3) is 2.89. The second kappa shape index (κ2) is 5.10. The molecule has 0 amide bonds. The Bertz CT molecular complexity index is 517. The summed E-state index contributed by atoms with van der Waals surface area (Å²) < 4.78 is 28.5. The predicted octanol–water partition coefficient (Wildman–Crippen LogP) is 1.14. The van der Waals surface area contributed by atoms with Gasteiger partial charge in [-0.2, -0.15) is 11.8 Å². The number of aryl methyl sites for hydroxylation is 1. The smallest absolute Gasteiger partial charge is 0.235 e. The molecular weight excluding hydrogens is 340 g/mol. The first-order valence-corrected chi connectivity index (χ1v) is 8.79. The second-order valence-electron chi connectivity index (χ2n) is 4.54. The first kappa shape index (κ1) is 14.3. The fourth-order valence-electron chi connectivity index (χ4n) is 1.90. The molecule has 102 valence electrons. The van der Waals surface area contributed by atoms with Crippen molar-refractivity contribution in [3.63, 3.8) is 0 Å². The van der Waals surface area contributed by atoms with Gasteiger partial charge in [-0.15, -0.1) is 5.10 Å². The van der Waals surface area contributed by atoms with Gasteiger partial charge in [0, 0.05) is 18.3 Å². The standard InChI is InChI=1S/C9H15BrN4O2S2/c1-9(4-3-5-17-9)6-11-18(15,16)8-7(10)12-13-14(8)2/h11H,3-6H2,1-2H3. The lowest BCUT2D eigenvalue weighted by Gasteiger charge is -2.22. The molecule has 1 aromatic heterocycles. The molecule has 1 fully saturated rings. The number of nitrogens with zero attached hydrogens (tertiary/aromatic N) is 3. The molecule has 1 N–H and O–H groups in total. The zero-order valence-electron chi connectivity index (χ0n) is 10.2. The molecule has 0 radical (unpaired) electrons. The Balaban J connectivity index is 2.13. The van der Waals surface area contributed by atoms with Crippen LogP contribution in [0.2, 0.25) is 0 Å². The maximum absolute atomic E-state index is 12.2. The maximum Gasteiger partial charge on any atom is 0.260 e. The largest absolute Gasteiger partial charge is 0.260 e. The van der Waals surface area contributed by atoms with Crippen molar-refractivity contribution in [3.05, 3.63) is 4.60 Å². The number of hydrogen-bond donors (Lipinski definition) is 1. The zero-order chi connectivity index (χ0) is 13.4. The van der Waals surface area contributed by atoms with Gasteiger partial charge in [-0.05, 0) is 41.4 Å². The van der Waals surface area contributed by atoms with Crippen molar-refractivity contribution in [1.29, 1.82) is 0 Å². The molecule has 1 aromatic rings. The Morgan fingerprint density at radius 3 is 2.83 bits per heavy atom. The Morgan fingerprint density at radius 1 is 1.61 bits per heavy atom. The lowest BCUT2D eigenvalue weighted by molar-refractivity contribution is 0.539. The summed E-state index contributed by atoms with van der Waals surface area (Å²) >= 11 is 4.92. The molecule has 1 atom stereocenters. The van der Waals surface area contributed by atoms with Crippen molar-refractivity contribution >= 4 is 37.7 Å². The Kier molecular flexibility index (Phi) is 4.05. The van der Waals surface area contributed by atoms with Crippen LogP contribution in [0.4, 0.5) is 0 Å². The molecule has 2 heterocycles. The predicted molar refractivity (Wildman–Crippen MR) is 74.0 cm³/mol. The van der Waals surface area contributed by atoms with Gasteiger partial charge in [-0.1, -0.05) is 5.21 Å². The molecule has 1 unspecified atom stereocenters. The lowest BCUT2D eigenvalue weighted by atomic mass is 10.1. The number of rotatable bonds is 4. The normalized spacial score (nSPS) is 24.6. The topological polar surface area (TPSA) is 76.9 Å². The van der Waals surface area contributed by atoms with Gasteiger partial charge >= 0.3 is 0 Å². The highest BCUT2D eigenvalue weighted by Gasteiger charge is 2.32. The van der Waals surface area contributed by atoms with E-state index < -0.39 is 10.0 Å². The van der Waals surface area contributed by atoms with E-state index in [1.807, 2.05) is 11.8 Å². The summed E-state index contributed by atoms with van der Waals surface area (Å²) in [4.78, 5) is 0. The van der Waals surface area contributed by atoms with Gasteiger partial charge in [0.05, 0.1) is 0 Å². The molecule has 0 aromatic carbocycles. The third-order valence-electron chi connectivity index (χ3n) is 2.93. The van der Waals surface area contributed by atoms with Crippen molar-refractivity contribution in [1.82, 2.24) is 19.7 Å². The quantitative estimate of drug-likeness (QED) is 0.877. The molecule has 0 aliphatic carbocycles. The Labute approximate surface area is 119 Å². The van der Waals surface area contributed by atoms with Crippen molar-refractivity contribution < 1.29 is 8.42 Å². The zero-order valence-corrected chi connectivity index (χ0v) is 13.4. The van der Waals surface area contributed by atoms with Crippen LogP contribution in [0.5, 0.6) is 0 Å². The highest BCUT2D eigenvalue weighted by molar-refractivity contribution is 9.10. The van der Waals surface area contributed by atoms with Crippen LogP contribution in [0, 0.1) is 0 Å². The van der Waals surface area contributed by atoms with Crippen molar-refractivity contribution in [2.75, 3.05) is 12.3 Å². The highest BCUT2D eigenvalue weighted by Crippen LogP contribution is 2.37. The van der Waals surface area contributed by atoms with Crippen LogP contribution >= 0.6 is 27.7 Å². The molecule has 0 saturated carbocycles. The van der Waals surface area contributed by atoms with Crippen LogP contribution in [0.25, 0.3) is 0 Å². The van der Waals surface area contributed by atoms with E-state index in [2.05, 4.69) is 37.9 Å². The van der Waals surface area contributed by atoms with Gasteiger partial charge in [-0.3, -0.25) is 0 Å². The van der Waals surface area contributed by atoms with E-state index in [-0.39, 0.29) is 14.4 Å². The van der Waals surface area contributed by atoms with Gasteiger partial charge in [-0.25, -0.2) is 17.8 Å². The molecule has 0 bridgehead atoms. The van der Waals surface area contributed by atoms with E-state index >= 15 is 0 Å². The van der Waals surface area contributed by atoms with Gasteiger partial charge in [0.15, 0.2) is 4.60 Å². The minimum atomic E-state index is -3.58. The fraction of sp³-hybridized carbons (Fsp3) is 0.778. The average molecular weight is 355 g/mol. The lowest BCUT2D eigenvalue weighted by Crippen LogP contribution is -2.37. The minimum absolute atomic E-state index is 0.00837. The second-order valence-corrected chi connectivity index (χ2v) is 8.65. The minimum Gasteiger partial charge on any atom is -0.235 e. The Morgan fingerprint density at radius 2 is 2.33 bits per heavy atom. The summed E-state index contributed by atoms with van der Waals surface area (Å²) in [5.41, 5.74) is 0. The first-order valence-electron chi connectivity index (χ1n) is 5.53. The van der Waals surface area contributed by atoms with Gasteiger partial charge in [0.1, 0.15) is 0 Å². The van der Waals surface area contributed by atoms with Crippen LogP contribution in [0.15, 0.2) is 9.63 Å². The summed E-state index contributed by atoms with van der Waals surface area (Å²) in [5, 5.41) is 7.42. The number of thioether (sulfide) groups is 1. The van der Waals surface area contributed by atoms with Crippen LogP contribution < -0.4 is 4.72 Å². The maximum atomic E-state index is 12.2. The van der Waals surface area contributed by atoms with Crippen molar-refractivity contribution in [2.24, 2.45) is 7.05 Å². The summed E-state index contributed by atoms with van der Waals surface area (Å²) in [6.45, 7) is 2.52. The van der Waals surface area contributed by atoms with E-state index in [0.29, 0.717) is 6.54 Å². The molecule has 6 nitrogen and oxygen atoms in total. The number of aromatic nitrogens is 3. The molecule has 18 heavy (non-hydrogen) atoms. The van der Waals surface area contributed by atoms with E-state index in [1.54, 1.807) is 7.05 Å². The molecule has 0 spiro atoms. The molecule has 9 heteroatoms. The summed E-state index contributed by atoms with van der Waals surface area (Å²) in [7, 11) is -2.02. The monoisotopic (exact) mass is 354 g/mol. The van der Waals surface area contributed by atoms with Crippen LogP contribution in [0.3, 0.4) is 0 Å². The number of halogens is 1. The third-order valence-corrected chi connectivity index (χ3v) is 6.75. The van der Waals surface area contributed by atoms with Crippen LogP contribution in [-0.2, 0) is 17.1 Å². The van der Waals surface area contributed by atoms with E-state index in [9.17, 15) is 8.42 Å². The van der Waals surface area contributed by atoms with Crippen molar-refractivity contribution in [2.45, 2.75) is 29.5 Å². The SMILES string of the molecule is Cn1nnc(Br)c1S(=O)(=O)NCC1(C)CCCS1. The molecule has 1 aliphatic rings. The first-order chi connectivity index (χ1) is 8.34. The Hall–Kier alpha value is -0.120. The van der Waals surface area contributed by atoms with Crippen molar-refractivity contribution in [3.8, 4) is 0 Å². The molecule has 2 rings (SSSR count). The average Bonchev–Trinajstić information content (AvgIpc) is 2.85. The molecule has 1 saturated heterocycles. The van der Waals surface area contributed by atoms with E-state index in [0.717, 1.165) is 18.6 Å². The van der Waals surface area contributed by atoms with E-state index in [4.69, 9.17) is 0 Å².